The molecule has 1 heterocycles. The molecular formula is C29H47N3O4. The van der Waals surface area contributed by atoms with Gasteiger partial charge in [-0.05, 0) is 44.6 Å². The zero-order valence-corrected chi connectivity index (χ0v) is 23.0. The van der Waals surface area contributed by atoms with Crippen molar-refractivity contribution < 1.29 is 19.1 Å². The minimum atomic E-state index is -0.295. The molecule has 7 heteroatoms. The van der Waals surface area contributed by atoms with E-state index in [1.807, 2.05) is 39.1 Å². The van der Waals surface area contributed by atoms with Crippen molar-refractivity contribution in [3.8, 4) is 0 Å². The third-order valence-corrected chi connectivity index (χ3v) is 6.69. The number of aryl methyl sites for hydroxylation is 1. The van der Waals surface area contributed by atoms with Crippen molar-refractivity contribution in [2.75, 3.05) is 0 Å². The van der Waals surface area contributed by atoms with Crippen molar-refractivity contribution >= 4 is 18.5 Å². The highest BCUT2D eigenvalue weighted by atomic mass is 16.5. The molecule has 202 valence electrons. The van der Waals surface area contributed by atoms with E-state index in [0.717, 1.165) is 68.9 Å². The summed E-state index contributed by atoms with van der Waals surface area (Å²) in [5.74, 6) is 0.0976. The summed E-state index contributed by atoms with van der Waals surface area (Å²) in [5, 5.41) is 8.51. The van der Waals surface area contributed by atoms with Crippen LogP contribution in [0.3, 0.4) is 0 Å². The zero-order chi connectivity index (χ0) is 26.8. The summed E-state index contributed by atoms with van der Waals surface area (Å²) < 4.78 is 7.17. The lowest BCUT2D eigenvalue weighted by molar-refractivity contribution is -0.135. The van der Waals surface area contributed by atoms with E-state index in [1.54, 1.807) is 10.8 Å². The lowest BCUT2D eigenvalue weighted by Crippen LogP contribution is -2.26. The number of nitrogens with zero attached hydrogens (tertiary/aromatic N) is 3. The number of carbonyl (C=O) groups is 3. The first-order valence-corrected chi connectivity index (χ1v) is 13.7. The molecule has 0 radical (unpaired) electrons. The van der Waals surface area contributed by atoms with Crippen LogP contribution in [0, 0.1) is 17.8 Å². The third-order valence-electron chi connectivity index (χ3n) is 6.69. The normalized spacial score (nSPS) is 15.4. The number of ether oxygens (including phenoxy) is 1. The van der Waals surface area contributed by atoms with Crippen LogP contribution in [-0.4, -0.2) is 39.6 Å². The second-order valence-corrected chi connectivity index (χ2v) is 9.93. The molecule has 0 spiro atoms. The van der Waals surface area contributed by atoms with Crippen LogP contribution in [0.5, 0.6) is 0 Å². The Morgan fingerprint density at radius 1 is 1.11 bits per heavy atom. The van der Waals surface area contributed by atoms with Gasteiger partial charge >= 0.3 is 0 Å². The number of aromatic nitrogens is 3. The molecule has 2 unspecified atom stereocenters. The van der Waals surface area contributed by atoms with E-state index >= 15 is 0 Å². The van der Waals surface area contributed by atoms with E-state index in [1.165, 1.54) is 0 Å². The van der Waals surface area contributed by atoms with E-state index in [0.29, 0.717) is 25.9 Å². The van der Waals surface area contributed by atoms with Crippen molar-refractivity contribution in [3.05, 3.63) is 35.7 Å². The second kappa shape index (κ2) is 18.7. The molecule has 4 atom stereocenters. The highest BCUT2D eigenvalue weighted by Gasteiger charge is 2.21. The summed E-state index contributed by atoms with van der Waals surface area (Å²) >= 11 is 0. The van der Waals surface area contributed by atoms with Gasteiger partial charge in [-0.3, -0.25) is 14.3 Å². The Bertz CT molecular complexity index is 830. The molecule has 0 aliphatic rings. The molecule has 0 saturated heterocycles. The van der Waals surface area contributed by atoms with Crippen LogP contribution in [0.1, 0.15) is 98.1 Å². The minimum Gasteiger partial charge on any atom is -0.464 e. The molecule has 36 heavy (non-hydrogen) atoms. The fourth-order valence-electron chi connectivity index (χ4n) is 4.50. The molecule has 1 aromatic rings. The smallest absolute Gasteiger partial charge is 0.293 e. The fraction of sp³-hybridized carbons (Fsp3) is 0.690. The molecule has 1 aromatic heterocycles. The van der Waals surface area contributed by atoms with Crippen LogP contribution >= 0.6 is 0 Å². The van der Waals surface area contributed by atoms with Gasteiger partial charge in [0.1, 0.15) is 12.4 Å². The number of unbranched alkanes of at least 4 members (excludes halogenated alkanes) is 3. The molecule has 0 aromatic carbocycles. The van der Waals surface area contributed by atoms with E-state index in [4.69, 9.17) is 4.74 Å². The topological polar surface area (TPSA) is 91.2 Å². The molecule has 0 bridgehead atoms. The van der Waals surface area contributed by atoms with E-state index in [2.05, 4.69) is 24.2 Å². The van der Waals surface area contributed by atoms with E-state index < -0.39 is 0 Å². The molecule has 0 fully saturated rings. The van der Waals surface area contributed by atoms with Crippen LogP contribution in [-0.2, 0) is 32.1 Å². The Hall–Kier alpha value is -2.57. The predicted octanol–water partition coefficient (Wildman–Crippen LogP) is 6.07. The summed E-state index contributed by atoms with van der Waals surface area (Å²) in [6.07, 6.45) is 17.5. The summed E-state index contributed by atoms with van der Waals surface area (Å²) in [6, 6.07) is 0. The van der Waals surface area contributed by atoms with Gasteiger partial charge in [0.15, 0.2) is 5.78 Å². The first-order valence-electron chi connectivity index (χ1n) is 13.7. The molecule has 0 saturated carbocycles. The Kier molecular flexibility index (Phi) is 16.3. The van der Waals surface area contributed by atoms with Gasteiger partial charge in [-0.2, -0.15) is 0 Å². The standard InChI is InChI=1S/C29H47N3O4/c1-6-9-11-12-25(16-17-33)19-24(5)28(35)15-14-23(4)18-26(29(8-3)36-22-34)20-32-21-27(30-31-32)13-10-7-2/h14-15,17-18,21-22,24-26,29H,6-13,16,19-20H2,1-5H3/b15-14+,23-18+/t24-,25+,26?,29?/m1/s1. The summed E-state index contributed by atoms with van der Waals surface area (Å²) in [5.41, 5.74) is 1.88. The largest absolute Gasteiger partial charge is 0.464 e. The van der Waals surface area contributed by atoms with Crippen LogP contribution in [0.15, 0.2) is 30.0 Å². The molecule has 1 rings (SSSR count). The first kappa shape index (κ1) is 31.5. The second-order valence-electron chi connectivity index (χ2n) is 9.93. The Balaban J connectivity index is 2.88. The SMILES string of the molecule is CCCCC[C@@H](CC=O)C[C@@H](C)C(=O)/C=C/C(C)=C/C(Cn1cc(CCCC)nn1)C(CC)OC=O. The first-order chi connectivity index (χ1) is 17.4. The lowest BCUT2D eigenvalue weighted by Gasteiger charge is -2.22. The van der Waals surface area contributed by atoms with E-state index in [-0.39, 0.29) is 29.6 Å². The molecule has 0 aliphatic heterocycles. The maximum absolute atomic E-state index is 12.8. The van der Waals surface area contributed by atoms with Gasteiger partial charge in [-0.25, -0.2) is 0 Å². The van der Waals surface area contributed by atoms with E-state index in [9.17, 15) is 14.4 Å². The average Bonchev–Trinajstić information content (AvgIpc) is 3.31. The predicted molar refractivity (Wildman–Crippen MR) is 143 cm³/mol. The number of aldehydes is 1. The van der Waals surface area contributed by atoms with Gasteiger partial charge in [0, 0.05) is 24.5 Å². The Labute approximate surface area is 217 Å². The van der Waals surface area contributed by atoms with Crippen LogP contribution in [0.25, 0.3) is 0 Å². The van der Waals surface area contributed by atoms with Gasteiger partial charge in [0.05, 0.1) is 12.2 Å². The fourth-order valence-corrected chi connectivity index (χ4v) is 4.50. The van der Waals surface area contributed by atoms with Gasteiger partial charge in [0.25, 0.3) is 6.47 Å². The maximum Gasteiger partial charge on any atom is 0.293 e. The molecular weight excluding hydrogens is 454 g/mol. The van der Waals surface area contributed by atoms with Gasteiger partial charge in [0.2, 0.25) is 0 Å². The molecule has 0 N–H and O–H groups in total. The van der Waals surface area contributed by atoms with Gasteiger partial charge in [-0.1, -0.05) is 82.7 Å². The number of ketones is 1. The number of hydrogen-bond donors (Lipinski definition) is 0. The van der Waals surface area contributed by atoms with Crippen molar-refractivity contribution in [2.45, 2.75) is 111 Å². The third kappa shape index (κ3) is 12.4. The number of carbonyl (C=O) groups excluding carboxylic acids is 3. The van der Waals surface area contributed by atoms with Crippen LogP contribution < -0.4 is 0 Å². The monoisotopic (exact) mass is 501 g/mol. The Morgan fingerprint density at radius 2 is 1.86 bits per heavy atom. The van der Waals surface area contributed by atoms with Gasteiger partial charge in [-0.15, -0.1) is 5.10 Å². The zero-order valence-electron chi connectivity index (χ0n) is 23.0. The number of hydrogen-bond acceptors (Lipinski definition) is 6. The molecule has 0 amide bonds. The quantitative estimate of drug-likeness (QED) is 0.0878. The van der Waals surface area contributed by atoms with Crippen molar-refractivity contribution in [2.24, 2.45) is 17.8 Å². The maximum atomic E-state index is 12.8. The van der Waals surface area contributed by atoms with Crippen molar-refractivity contribution in [1.82, 2.24) is 15.0 Å². The Morgan fingerprint density at radius 3 is 2.50 bits per heavy atom. The van der Waals surface area contributed by atoms with Crippen LogP contribution in [0.4, 0.5) is 0 Å². The molecule has 7 nitrogen and oxygen atoms in total. The highest BCUT2D eigenvalue weighted by Crippen LogP contribution is 2.23. The number of rotatable bonds is 21. The van der Waals surface area contributed by atoms with Crippen molar-refractivity contribution in [3.63, 3.8) is 0 Å². The lowest BCUT2D eigenvalue weighted by atomic mass is 9.87. The summed E-state index contributed by atoms with van der Waals surface area (Å²) in [7, 11) is 0. The number of allylic oxidation sites excluding steroid dienone is 3. The average molecular weight is 502 g/mol. The molecule has 0 aliphatic carbocycles. The van der Waals surface area contributed by atoms with Gasteiger partial charge < -0.3 is 9.53 Å². The minimum absolute atomic E-state index is 0.0683. The highest BCUT2D eigenvalue weighted by molar-refractivity contribution is 5.91. The van der Waals surface area contributed by atoms with Crippen LogP contribution in [0.2, 0.25) is 0 Å². The summed E-state index contributed by atoms with van der Waals surface area (Å²) in [6.45, 7) is 11.2. The summed E-state index contributed by atoms with van der Waals surface area (Å²) in [4.78, 5) is 34.9. The van der Waals surface area contributed by atoms with Crippen molar-refractivity contribution in [1.29, 1.82) is 0 Å².